The molecule has 26 heavy (non-hydrogen) atoms. The number of fused-ring (bicyclic) bond motifs is 1. The van der Waals surface area contributed by atoms with E-state index < -0.39 is 0 Å². The Kier molecular flexibility index (Phi) is 4.64. The molecule has 4 aromatic rings. The van der Waals surface area contributed by atoms with E-state index in [2.05, 4.69) is 10.3 Å². The molecular weight excluding hydrogens is 366 g/mol. The second kappa shape index (κ2) is 7.23. The summed E-state index contributed by atoms with van der Waals surface area (Å²) in [6.45, 7) is -0.0632. The normalized spacial score (nSPS) is 12.2. The zero-order valence-corrected chi connectivity index (χ0v) is 15.3. The zero-order chi connectivity index (χ0) is 17.9. The highest BCUT2D eigenvalue weighted by Crippen LogP contribution is 2.25. The van der Waals surface area contributed by atoms with Gasteiger partial charge in [-0.3, -0.25) is 14.2 Å². The molecule has 0 aliphatic rings. The van der Waals surface area contributed by atoms with Crippen LogP contribution >= 0.6 is 22.7 Å². The number of carbonyl (C=O) groups excluding carboxylic acids is 1. The maximum atomic E-state index is 12.6. The minimum absolute atomic E-state index is 0.0632. The molecule has 1 atom stereocenters. The van der Waals surface area contributed by atoms with Crippen LogP contribution in [-0.2, 0) is 11.3 Å². The third kappa shape index (κ3) is 3.31. The molecule has 130 valence electrons. The van der Waals surface area contributed by atoms with Gasteiger partial charge in [0.05, 0.1) is 17.8 Å². The van der Waals surface area contributed by atoms with Crippen LogP contribution < -0.4 is 10.9 Å². The van der Waals surface area contributed by atoms with Gasteiger partial charge in [0, 0.05) is 4.88 Å². The number of benzene rings is 1. The van der Waals surface area contributed by atoms with E-state index in [9.17, 15) is 9.59 Å². The Morgan fingerprint density at radius 2 is 1.92 bits per heavy atom. The smallest absolute Gasteiger partial charge is 0.262 e. The minimum atomic E-state index is -0.239. The fourth-order valence-corrected chi connectivity index (χ4v) is 4.31. The molecule has 0 bridgehead atoms. The maximum Gasteiger partial charge on any atom is 0.262 e. The number of amides is 1. The van der Waals surface area contributed by atoms with Gasteiger partial charge in [0.1, 0.15) is 11.4 Å². The molecule has 3 aromatic heterocycles. The number of aromatic nitrogens is 2. The standard InChI is InChI=1S/C19H15N3O2S2/c23-16(11-22-12-20-18-14(19(22)24)8-10-26-18)21-17(15-7-4-9-25-15)13-5-2-1-3-6-13/h1-10,12,17H,11H2,(H,21,23)/t17-/m0/s1. The number of hydrogen-bond donors (Lipinski definition) is 1. The van der Waals surface area contributed by atoms with E-state index in [0.717, 1.165) is 10.4 Å². The van der Waals surface area contributed by atoms with Crippen LogP contribution in [0.25, 0.3) is 10.2 Å². The third-order valence-electron chi connectivity index (χ3n) is 4.03. The molecule has 7 heteroatoms. The van der Waals surface area contributed by atoms with Gasteiger partial charge in [-0.2, -0.15) is 0 Å². The van der Waals surface area contributed by atoms with Crippen LogP contribution in [0.15, 0.2) is 70.4 Å². The average molecular weight is 381 g/mol. The predicted molar refractivity (Wildman–Crippen MR) is 105 cm³/mol. The van der Waals surface area contributed by atoms with Crippen molar-refractivity contribution in [1.29, 1.82) is 0 Å². The summed E-state index contributed by atoms with van der Waals surface area (Å²) in [5.74, 6) is -0.231. The van der Waals surface area contributed by atoms with E-state index in [1.54, 1.807) is 17.4 Å². The Bertz CT molecular complexity index is 1080. The van der Waals surface area contributed by atoms with Crippen LogP contribution in [0.5, 0.6) is 0 Å². The van der Waals surface area contributed by atoms with Crippen molar-refractivity contribution in [2.45, 2.75) is 12.6 Å². The Morgan fingerprint density at radius 3 is 2.69 bits per heavy atom. The zero-order valence-electron chi connectivity index (χ0n) is 13.7. The Labute approximate surface area is 157 Å². The highest BCUT2D eigenvalue weighted by atomic mass is 32.1. The molecule has 0 unspecified atom stereocenters. The van der Waals surface area contributed by atoms with Gasteiger partial charge in [0.15, 0.2) is 0 Å². The summed E-state index contributed by atoms with van der Waals surface area (Å²) in [6, 6.07) is 15.3. The van der Waals surface area contributed by atoms with Gasteiger partial charge in [-0.15, -0.1) is 22.7 Å². The Balaban J connectivity index is 1.58. The van der Waals surface area contributed by atoms with Gasteiger partial charge in [0.25, 0.3) is 5.56 Å². The molecule has 1 amide bonds. The first-order valence-corrected chi connectivity index (χ1v) is 9.78. The van der Waals surface area contributed by atoms with Crippen LogP contribution in [0.3, 0.4) is 0 Å². The summed E-state index contributed by atoms with van der Waals surface area (Å²) in [5, 5.41) is 7.39. The van der Waals surface area contributed by atoms with Gasteiger partial charge < -0.3 is 5.32 Å². The lowest BCUT2D eigenvalue weighted by atomic mass is 10.1. The third-order valence-corrected chi connectivity index (χ3v) is 5.79. The van der Waals surface area contributed by atoms with Gasteiger partial charge in [-0.25, -0.2) is 4.98 Å². The highest BCUT2D eigenvalue weighted by Gasteiger charge is 2.18. The first-order valence-electron chi connectivity index (χ1n) is 8.03. The van der Waals surface area contributed by atoms with E-state index >= 15 is 0 Å². The molecule has 0 radical (unpaired) electrons. The van der Waals surface area contributed by atoms with Gasteiger partial charge in [-0.05, 0) is 28.5 Å². The minimum Gasteiger partial charge on any atom is -0.343 e. The topological polar surface area (TPSA) is 64.0 Å². The summed E-state index contributed by atoms with van der Waals surface area (Å²) in [7, 11) is 0. The quantitative estimate of drug-likeness (QED) is 0.576. The van der Waals surface area contributed by atoms with Gasteiger partial charge in [-0.1, -0.05) is 36.4 Å². The predicted octanol–water partition coefficient (Wildman–Crippen LogP) is 3.43. The van der Waals surface area contributed by atoms with E-state index in [-0.39, 0.29) is 24.1 Å². The second-order valence-corrected chi connectivity index (χ2v) is 7.62. The molecule has 1 N–H and O–H groups in total. The SMILES string of the molecule is O=C(Cn1cnc2sccc2c1=O)N[C@@H](c1ccccc1)c1cccs1. The van der Waals surface area contributed by atoms with Crippen LogP contribution in [-0.4, -0.2) is 15.5 Å². The van der Waals surface area contributed by atoms with Crippen LogP contribution in [0.2, 0.25) is 0 Å². The van der Waals surface area contributed by atoms with Crippen LogP contribution in [0.1, 0.15) is 16.5 Å². The Hall–Kier alpha value is -2.77. The molecule has 1 aromatic carbocycles. The summed E-state index contributed by atoms with van der Waals surface area (Å²) in [5.41, 5.74) is 0.806. The molecule has 0 saturated carbocycles. The summed E-state index contributed by atoms with van der Waals surface area (Å²) < 4.78 is 1.35. The molecule has 0 fully saturated rings. The van der Waals surface area contributed by atoms with Crippen molar-refractivity contribution in [3.8, 4) is 0 Å². The van der Waals surface area contributed by atoms with Crippen LogP contribution in [0.4, 0.5) is 0 Å². The van der Waals surface area contributed by atoms with E-state index in [1.807, 2.05) is 53.2 Å². The first kappa shape index (κ1) is 16.7. The molecular formula is C19H15N3O2S2. The lowest BCUT2D eigenvalue weighted by molar-refractivity contribution is -0.122. The van der Waals surface area contributed by atoms with Crippen molar-refractivity contribution in [3.05, 3.63) is 86.4 Å². The van der Waals surface area contributed by atoms with Crippen molar-refractivity contribution in [2.24, 2.45) is 0 Å². The van der Waals surface area contributed by atoms with Crippen molar-refractivity contribution in [3.63, 3.8) is 0 Å². The lowest BCUT2D eigenvalue weighted by Crippen LogP contribution is -2.35. The van der Waals surface area contributed by atoms with Crippen molar-refractivity contribution >= 4 is 38.8 Å². The summed E-state index contributed by atoms with van der Waals surface area (Å²) >= 11 is 3.00. The summed E-state index contributed by atoms with van der Waals surface area (Å²) in [6.07, 6.45) is 1.43. The highest BCUT2D eigenvalue weighted by molar-refractivity contribution is 7.16. The number of hydrogen-bond acceptors (Lipinski definition) is 5. The number of nitrogens with one attached hydrogen (secondary N) is 1. The molecule has 0 saturated heterocycles. The van der Waals surface area contributed by atoms with Crippen molar-refractivity contribution in [2.75, 3.05) is 0 Å². The number of carbonyl (C=O) groups is 1. The average Bonchev–Trinajstić information content (AvgIpc) is 3.35. The molecule has 4 rings (SSSR count). The number of nitrogens with zero attached hydrogens (tertiary/aromatic N) is 2. The summed E-state index contributed by atoms with van der Waals surface area (Å²) in [4.78, 5) is 31.1. The monoisotopic (exact) mass is 381 g/mol. The van der Waals surface area contributed by atoms with E-state index in [4.69, 9.17) is 0 Å². The van der Waals surface area contributed by atoms with Crippen molar-refractivity contribution < 1.29 is 4.79 Å². The fraction of sp³-hybridized carbons (Fsp3) is 0.105. The van der Waals surface area contributed by atoms with Crippen molar-refractivity contribution in [1.82, 2.24) is 14.9 Å². The second-order valence-electron chi connectivity index (χ2n) is 5.74. The van der Waals surface area contributed by atoms with E-state index in [0.29, 0.717) is 10.2 Å². The fourth-order valence-electron chi connectivity index (χ4n) is 2.79. The largest absolute Gasteiger partial charge is 0.343 e. The molecule has 5 nitrogen and oxygen atoms in total. The van der Waals surface area contributed by atoms with Gasteiger partial charge in [0.2, 0.25) is 5.91 Å². The van der Waals surface area contributed by atoms with E-state index in [1.165, 1.54) is 22.2 Å². The molecule has 0 spiro atoms. The van der Waals surface area contributed by atoms with Crippen LogP contribution in [0, 0.1) is 0 Å². The molecule has 0 aliphatic carbocycles. The number of rotatable bonds is 5. The molecule has 3 heterocycles. The first-order chi connectivity index (χ1) is 12.7. The lowest BCUT2D eigenvalue weighted by Gasteiger charge is -2.18. The number of thiophene rings is 2. The Morgan fingerprint density at radius 1 is 1.08 bits per heavy atom. The van der Waals surface area contributed by atoms with Gasteiger partial charge >= 0.3 is 0 Å². The molecule has 0 aliphatic heterocycles. The maximum absolute atomic E-state index is 12.6.